The Morgan fingerprint density at radius 1 is 1.03 bits per heavy atom. The van der Waals surface area contributed by atoms with E-state index in [2.05, 4.69) is 41.3 Å². The van der Waals surface area contributed by atoms with Crippen LogP contribution in [-0.2, 0) is 0 Å². The highest BCUT2D eigenvalue weighted by Crippen LogP contribution is 2.36. The normalized spacial score (nSPS) is 20.4. The molecule has 0 atom stereocenters. The van der Waals surface area contributed by atoms with Crippen LogP contribution in [0.1, 0.15) is 34.9 Å². The number of fused-ring (bicyclic) bond motifs is 1. The number of rotatable bonds is 5. The number of aromatic nitrogens is 4. The number of piperazine rings is 1. The van der Waals surface area contributed by atoms with Crippen LogP contribution in [0.3, 0.4) is 0 Å². The molecule has 170 valence electrons. The molecule has 0 radical (unpaired) electrons. The van der Waals surface area contributed by atoms with Crippen molar-refractivity contribution in [3.05, 3.63) is 41.7 Å². The van der Waals surface area contributed by atoms with Crippen LogP contribution in [-0.4, -0.2) is 72.0 Å². The number of amides is 1. The third kappa shape index (κ3) is 3.85. The van der Waals surface area contributed by atoms with Crippen LogP contribution >= 0.6 is 0 Å². The summed E-state index contributed by atoms with van der Waals surface area (Å²) in [7, 11) is 3.57. The summed E-state index contributed by atoms with van der Waals surface area (Å²) in [4.78, 5) is 21.1. The van der Waals surface area contributed by atoms with Gasteiger partial charge in [0.05, 0.1) is 5.56 Å². The molecule has 10 heteroatoms. The topological polar surface area (TPSA) is 115 Å². The number of anilines is 2. The zero-order valence-electron chi connectivity index (χ0n) is 18.8. The molecule has 3 aromatic heterocycles. The first kappa shape index (κ1) is 21.2. The van der Waals surface area contributed by atoms with E-state index in [-0.39, 0.29) is 5.91 Å². The van der Waals surface area contributed by atoms with Gasteiger partial charge in [-0.05, 0) is 44.2 Å². The van der Waals surface area contributed by atoms with Gasteiger partial charge in [-0.3, -0.25) is 4.79 Å². The number of carbonyl (C=O) groups excluding carboxylic acids is 1. The molecule has 1 saturated carbocycles. The van der Waals surface area contributed by atoms with E-state index >= 15 is 0 Å². The van der Waals surface area contributed by atoms with Crippen molar-refractivity contribution in [2.75, 3.05) is 50.1 Å². The lowest BCUT2D eigenvalue weighted by molar-refractivity contribution is 0.0957. The Labute approximate surface area is 192 Å². The van der Waals surface area contributed by atoms with Gasteiger partial charge in [0.25, 0.3) is 5.91 Å². The molecular weight excluding hydrogens is 418 g/mol. The minimum Gasteiger partial charge on any atom is -0.354 e. The van der Waals surface area contributed by atoms with Gasteiger partial charge in [0.15, 0.2) is 11.5 Å². The fourth-order valence-corrected chi connectivity index (χ4v) is 4.62. The van der Waals surface area contributed by atoms with Crippen LogP contribution in [0.15, 0.2) is 30.5 Å². The standard InChI is InChI=1S/C23H27N9O/c1-25-16-11-17(12-16)32-14-15(13-24)18-3-5-20(27-22(18)32)30-7-9-31(10-8-30)21-6-4-19(28-29-21)23(33)26-2/h3-6,14,16-17,25H,7-12H2,1-2H3,(H,26,33)/t16-,17-. The fraction of sp³-hybridized carbons (Fsp3) is 0.435. The van der Waals surface area contributed by atoms with E-state index in [9.17, 15) is 10.1 Å². The van der Waals surface area contributed by atoms with E-state index in [1.54, 1.807) is 13.1 Å². The Morgan fingerprint density at radius 2 is 1.73 bits per heavy atom. The molecular formula is C23H27N9O. The molecule has 1 amide bonds. The van der Waals surface area contributed by atoms with Crippen LogP contribution < -0.4 is 20.4 Å². The van der Waals surface area contributed by atoms with E-state index < -0.39 is 0 Å². The quantitative estimate of drug-likeness (QED) is 0.604. The van der Waals surface area contributed by atoms with Gasteiger partial charge in [0, 0.05) is 56.9 Å². The van der Waals surface area contributed by atoms with E-state index in [1.165, 1.54) is 0 Å². The number of nitriles is 1. The number of nitrogens with zero attached hydrogens (tertiary/aromatic N) is 7. The average molecular weight is 446 g/mol. The van der Waals surface area contributed by atoms with Crippen molar-refractivity contribution in [1.29, 1.82) is 5.26 Å². The average Bonchev–Trinajstić information content (AvgIpc) is 3.21. The summed E-state index contributed by atoms with van der Waals surface area (Å²) in [5, 5.41) is 24.6. The first-order valence-corrected chi connectivity index (χ1v) is 11.3. The third-order valence-electron chi connectivity index (χ3n) is 6.74. The molecule has 5 rings (SSSR count). The second-order valence-corrected chi connectivity index (χ2v) is 8.54. The van der Waals surface area contributed by atoms with Crippen molar-refractivity contribution in [2.45, 2.75) is 24.9 Å². The van der Waals surface area contributed by atoms with Crippen LogP contribution in [0, 0.1) is 11.3 Å². The summed E-state index contributed by atoms with van der Waals surface area (Å²) in [6, 6.07) is 10.8. The molecule has 1 aliphatic carbocycles. The lowest BCUT2D eigenvalue weighted by Gasteiger charge is -2.37. The molecule has 1 saturated heterocycles. The van der Waals surface area contributed by atoms with Gasteiger partial charge >= 0.3 is 0 Å². The number of hydrogen-bond acceptors (Lipinski definition) is 8. The Bertz CT molecular complexity index is 1200. The number of hydrogen-bond donors (Lipinski definition) is 2. The van der Waals surface area contributed by atoms with E-state index in [4.69, 9.17) is 4.98 Å². The molecule has 0 aromatic carbocycles. The van der Waals surface area contributed by atoms with Crippen LogP contribution in [0.4, 0.5) is 11.6 Å². The monoisotopic (exact) mass is 445 g/mol. The minimum absolute atomic E-state index is 0.243. The van der Waals surface area contributed by atoms with Crippen LogP contribution in [0.5, 0.6) is 0 Å². The fourth-order valence-electron chi connectivity index (χ4n) is 4.62. The SMILES string of the molecule is CNC(=O)c1ccc(N2CCN(c3ccc4c(C#N)cn([C@H]5C[C@H](NC)C5)c4n3)CC2)nn1. The third-order valence-corrected chi connectivity index (χ3v) is 6.74. The Kier molecular flexibility index (Phi) is 5.56. The van der Waals surface area contributed by atoms with Crippen molar-refractivity contribution in [3.63, 3.8) is 0 Å². The Hall–Kier alpha value is -3.71. The van der Waals surface area contributed by atoms with Crippen molar-refractivity contribution in [3.8, 4) is 6.07 Å². The molecule has 0 unspecified atom stereocenters. The van der Waals surface area contributed by atoms with Gasteiger partial charge in [0.2, 0.25) is 0 Å². The number of carbonyl (C=O) groups is 1. The highest BCUT2D eigenvalue weighted by molar-refractivity contribution is 5.91. The van der Waals surface area contributed by atoms with Gasteiger partial charge in [-0.15, -0.1) is 10.2 Å². The van der Waals surface area contributed by atoms with Crippen LogP contribution in [0.25, 0.3) is 11.0 Å². The zero-order chi connectivity index (χ0) is 22.9. The highest BCUT2D eigenvalue weighted by atomic mass is 16.1. The molecule has 2 aliphatic rings. The van der Waals surface area contributed by atoms with Gasteiger partial charge in [-0.1, -0.05) is 0 Å². The largest absolute Gasteiger partial charge is 0.354 e. The molecule has 33 heavy (non-hydrogen) atoms. The molecule has 2 fully saturated rings. The lowest BCUT2D eigenvalue weighted by atomic mass is 9.87. The molecule has 3 aromatic rings. The van der Waals surface area contributed by atoms with E-state index in [1.807, 2.05) is 31.4 Å². The van der Waals surface area contributed by atoms with Crippen molar-refractivity contribution >= 4 is 28.6 Å². The number of nitrogens with one attached hydrogen (secondary N) is 2. The van der Waals surface area contributed by atoms with Crippen molar-refractivity contribution in [2.24, 2.45) is 0 Å². The predicted octanol–water partition coefficient (Wildman–Crippen LogP) is 1.31. The predicted molar refractivity (Wildman–Crippen MR) is 125 cm³/mol. The zero-order valence-corrected chi connectivity index (χ0v) is 18.8. The second kappa shape index (κ2) is 8.67. The van der Waals surface area contributed by atoms with Crippen molar-refractivity contribution in [1.82, 2.24) is 30.4 Å². The first-order chi connectivity index (χ1) is 16.1. The molecule has 0 spiro atoms. The Balaban J connectivity index is 1.31. The van der Waals surface area contributed by atoms with Crippen LogP contribution in [0.2, 0.25) is 0 Å². The Morgan fingerprint density at radius 3 is 2.33 bits per heavy atom. The highest BCUT2D eigenvalue weighted by Gasteiger charge is 2.31. The second-order valence-electron chi connectivity index (χ2n) is 8.54. The summed E-state index contributed by atoms with van der Waals surface area (Å²) in [6.45, 7) is 3.16. The van der Waals surface area contributed by atoms with E-state index in [0.29, 0.717) is 23.3 Å². The minimum atomic E-state index is -0.243. The molecule has 1 aliphatic heterocycles. The smallest absolute Gasteiger partial charge is 0.271 e. The molecule has 2 N–H and O–H groups in total. The van der Waals surface area contributed by atoms with Gasteiger partial charge < -0.3 is 25.0 Å². The number of pyridine rings is 1. The summed E-state index contributed by atoms with van der Waals surface area (Å²) in [6.07, 6.45) is 4.06. The maximum Gasteiger partial charge on any atom is 0.271 e. The lowest BCUT2D eigenvalue weighted by Crippen LogP contribution is -2.47. The first-order valence-electron chi connectivity index (χ1n) is 11.3. The summed E-state index contributed by atoms with van der Waals surface area (Å²) < 4.78 is 2.19. The van der Waals surface area contributed by atoms with Gasteiger partial charge in [0.1, 0.15) is 17.5 Å². The molecule has 10 nitrogen and oxygen atoms in total. The molecule has 0 bridgehead atoms. The maximum atomic E-state index is 11.7. The van der Waals surface area contributed by atoms with Gasteiger partial charge in [-0.2, -0.15) is 5.26 Å². The summed E-state index contributed by atoms with van der Waals surface area (Å²) >= 11 is 0. The van der Waals surface area contributed by atoms with E-state index in [0.717, 1.165) is 61.7 Å². The summed E-state index contributed by atoms with van der Waals surface area (Å²) in [5.41, 5.74) is 1.88. The maximum absolute atomic E-state index is 11.7. The van der Waals surface area contributed by atoms with Crippen molar-refractivity contribution < 1.29 is 4.79 Å². The molecule has 4 heterocycles. The summed E-state index contributed by atoms with van der Waals surface area (Å²) in [5.74, 6) is 1.45. The van der Waals surface area contributed by atoms with Gasteiger partial charge in [-0.25, -0.2) is 4.98 Å².